The van der Waals surface area contributed by atoms with Gasteiger partial charge in [-0.3, -0.25) is 4.79 Å². The van der Waals surface area contributed by atoms with Crippen molar-refractivity contribution in [2.45, 2.75) is 5.16 Å². The number of aromatic nitrogens is 3. The largest absolute Gasteiger partial charge is 0.496 e. The molecule has 0 radical (unpaired) electrons. The Morgan fingerprint density at radius 1 is 1.22 bits per heavy atom. The van der Waals surface area contributed by atoms with Crippen LogP contribution in [0.1, 0.15) is 0 Å². The van der Waals surface area contributed by atoms with Crippen molar-refractivity contribution < 1.29 is 18.3 Å². The van der Waals surface area contributed by atoms with E-state index in [1.165, 1.54) is 0 Å². The van der Waals surface area contributed by atoms with Crippen LogP contribution in [0.4, 0.5) is 14.5 Å². The molecule has 0 atom stereocenters. The summed E-state index contributed by atoms with van der Waals surface area (Å²) in [5, 5.41) is 11.1. The second kappa shape index (κ2) is 8.17. The number of hydrogen-bond acceptors (Lipinski definition) is 5. The molecule has 0 aliphatic heterocycles. The average molecular weight is 390 g/mol. The summed E-state index contributed by atoms with van der Waals surface area (Å²) in [7, 11) is 3.34. The molecular formula is C18H16F2N4O2S. The lowest BCUT2D eigenvalue weighted by atomic mass is 10.2. The summed E-state index contributed by atoms with van der Waals surface area (Å²) in [5.74, 6) is -0.601. The summed E-state index contributed by atoms with van der Waals surface area (Å²) in [5.41, 5.74) is 0.571. The van der Waals surface area contributed by atoms with Crippen LogP contribution < -0.4 is 10.1 Å². The Morgan fingerprint density at radius 2 is 2.00 bits per heavy atom. The average Bonchev–Trinajstić information content (AvgIpc) is 3.03. The van der Waals surface area contributed by atoms with Gasteiger partial charge in [-0.05, 0) is 24.3 Å². The third kappa shape index (κ3) is 4.25. The maximum atomic E-state index is 13.6. The lowest BCUT2D eigenvalue weighted by Crippen LogP contribution is -2.15. The number of amides is 1. The lowest BCUT2D eigenvalue weighted by Gasteiger charge is -2.08. The molecule has 140 valence electrons. The summed E-state index contributed by atoms with van der Waals surface area (Å²) in [4.78, 5) is 12.0. The molecule has 3 aromatic rings. The van der Waals surface area contributed by atoms with Crippen molar-refractivity contribution in [3.05, 3.63) is 54.1 Å². The van der Waals surface area contributed by atoms with Gasteiger partial charge < -0.3 is 14.6 Å². The molecule has 0 bridgehead atoms. The predicted molar refractivity (Wildman–Crippen MR) is 98.7 cm³/mol. The molecule has 27 heavy (non-hydrogen) atoms. The van der Waals surface area contributed by atoms with Gasteiger partial charge in [0.1, 0.15) is 17.4 Å². The maximum absolute atomic E-state index is 13.6. The number of nitrogens with one attached hydrogen (secondary N) is 1. The summed E-state index contributed by atoms with van der Waals surface area (Å²) in [6.07, 6.45) is 0. The first-order chi connectivity index (χ1) is 13.0. The molecule has 1 amide bonds. The fourth-order valence-corrected chi connectivity index (χ4v) is 3.13. The van der Waals surface area contributed by atoms with Crippen LogP contribution in [0.25, 0.3) is 11.4 Å². The first-order valence-electron chi connectivity index (χ1n) is 7.90. The molecule has 2 aromatic carbocycles. The number of halogens is 2. The van der Waals surface area contributed by atoms with Gasteiger partial charge in [-0.15, -0.1) is 10.2 Å². The molecule has 3 rings (SSSR count). The smallest absolute Gasteiger partial charge is 0.234 e. The van der Waals surface area contributed by atoms with E-state index in [0.717, 1.165) is 35.5 Å². The van der Waals surface area contributed by atoms with Crippen LogP contribution in [0.15, 0.2) is 47.6 Å². The van der Waals surface area contributed by atoms with Crippen LogP contribution in [0.3, 0.4) is 0 Å². The second-order valence-corrected chi connectivity index (χ2v) is 6.47. The number of nitrogens with zero attached hydrogens (tertiary/aromatic N) is 3. The molecule has 6 nitrogen and oxygen atoms in total. The zero-order valence-corrected chi connectivity index (χ0v) is 15.4. The number of thioether (sulfide) groups is 1. The highest BCUT2D eigenvalue weighted by Gasteiger charge is 2.16. The topological polar surface area (TPSA) is 69.0 Å². The minimum Gasteiger partial charge on any atom is -0.496 e. The Labute approximate surface area is 158 Å². The van der Waals surface area contributed by atoms with Crippen LogP contribution in [-0.2, 0) is 11.8 Å². The fraction of sp³-hybridized carbons (Fsp3) is 0.167. The Balaban J connectivity index is 1.69. The number of ether oxygens (including phenoxy) is 1. The standard InChI is InChI=1S/C18H16F2N4O2S/c1-24-17(12-5-3-4-6-15(12)26-2)22-23-18(24)27-10-16(25)21-14-9-11(19)7-8-13(14)20/h3-9H,10H2,1-2H3,(H,21,25). The van der Waals surface area contributed by atoms with Gasteiger partial charge in [0.05, 0.1) is 24.1 Å². The molecule has 0 fully saturated rings. The number of rotatable bonds is 6. The Kier molecular flexibility index (Phi) is 5.70. The molecule has 0 saturated carbocycles. The van der Waals surface area contributed by atoms with E-state index in [4.69, 9.17) is 4.74 Å². The van der Waals surface area contributed by atoms with E-state index < -0.39 is 17.5 Å². The highest BCUT2D eigenvalue weighted by Crippen LogP contribution is 2.30. The molecule has 0 unspecified atom stereocenters. The van der Waals surface area contributed by atoms with Crippen LogP contribution in [-0.4, -0.2) is 33.5 Å². The van der Waals surface area contributed by atoms with Crippen molar-refractivity contribution in [1.82, 2.24) is 14.8 Å². The Morgan fingerprint density at radius 3 is 2.78 bits per heavy atom. The van der Waals surface area contributed by atoms with Gasteiger partial charge in [0.2, 0.25) is 5.91 Å². The van der Waals surface area contributed by atoms with E-state index in [0.29, 0.717) is 16.7 Å². The number of hydrogen-bond donors (Lipinski definition) is 1. The van der Waals surface area contributed by atoms with E-state index in [2.05, 4.69) is 15.5 Å². The van der Waals surface area contributed by atoms with Gasteiger partial charge in [-0.1, -0.05) is 23.9 Å². The number of carbonyl (C=O) groups excluding carboxylic acids is 1. The number of benzene rings is 2. The van der Waals surface area contributed by atoms with Crippen LogP contribution in [0.2, 0.25) is 0 Å². The van der Waals surface area contributed by atoms with Crippen molar-refractivity contribution in [2.75, 3.05) is 18.2 Å². The van der Waals surface area contributed by atoms with Gasteiger partial charge >= 0.3 is 0 Å². The van der Waals surface area contributed by atoms with E-state index >= 15 is 0 Å². The lowest BCUT2D eigenvalue weighted by molar-refractivity contribution is -0.113. The number of para-hydroxylation sites is 1. The third-order valence-corrected chi connectivity index (χ3v) is 4.74. The van der Waals surface area contributed by atoms with E-state index in [1.807, 2.05) is 24.3 Å². The molecule has 9 heteroatoms. The molecular weight excluding hydrogens is 374 g/mol. The summed E-state index contributed by atoms with van der Waals surface area (Å²) < 4.78 is 33.8. The highest BCUT2D eigenvalue weighted by molar-refractivity contribution is 7.99. The van der Waals surface area contributed by atoms with Gasteiger partial charge in [-0.2, -0.15) is 0 Å². The molecule has 0 aliphatic rings. The normalized spacial score (nSPS) is 10.7. The number of anilines is 1. The van der Waals surface area contributed by atoms with E-state index in [1.54, 1.807) is 18.7 Å². The number of methoxy groups -OCH3 is 1. The molecule has 0 aliphatic carbocycles. The highest BCUT2D eigenvalue weighted by atomic mass is 32.2. The summed E-state index contributed by atoms with van der Waals surface area (Å²) in [6, 6.07) is 10.3. The van der Waals surface area contributed by atoms with Gasteiger partial charge in [0.15, 0.2) is 11.0 Å². The summed E-state index contributed by atoms with van der Waals surface area (Å²) >= 11 is 1.13. The molecule has 1 aromatic heterocycles. The van der Waals surface area contributed by atoms with Gasteiger partial charge in [0.25, 0.3) is 0 Å². The SMILES string of the molecule is COc1ccccc1-c1nnc(SCC(=O)Nc2cc(F)ccc2F)n1C. The predicted octanol–water partition coefficient (Wildman–Crippen LogP) is 3.50. The second-order valence-electron chi connectivity index (χ2n) is 5.53. The van der Waals surface area contributed by atoms with Crippen molar-refractivity contribution in [3.8, 4) is 17.1 Å². The maximum Gasteiger partial charge on any atom is 0.234 e. The summed E-state index contributed by atoms with van der Waals surface area (Å²) in [6.45, 7) is 0. The quantitative estimate of drug-likeness (QED) is 0.653. The molecule has 0 spiro atoms. The molecule has 1 N–H and O–H groups in total. The van der Waals surface area contributed by atoms with Crippen molar-refractivity contribution in [3.63, 3.8) is 0 Å². The van der Waals surface area contributed by atoms with Crippen LogP contribution in [0.5, 0.6) is 5.75 Å². The van der Waals surface area contributed by atoms with Gasteiger partial charge in [-0.25, -0.2) is 8.78 Å². The van der Waals surface area contributed by atoms with Crippen LogP contribution in [0, 0.1) is 11.6 Å². The van der Waals surface area contributed by atoms with E-state index in [-0.39, 0.29) is 11.4 Å². The van der Waals surface area contributed by atoms with Crippen molar-refractivity contribution >= 4 is 23.4 Å². The van der Waals surface area contributed by atoms with Crippen molar-refractivity contribution in [2.24, 2.45) is 7.05 Å². The van der Waals surface area contributed by atoms with Crippen LogP contribution >= 0.6 is 11.8 Å². The fourth-order valence-electron chi connectivity index (χ4n) is 2.41. The minimum atomic E-state index is -0.702. The zero-order valence-electron chi connectivity index (χ0n) is 14.6. The Hall–Kier alpha value is -2.94. The van der Waals surface area contributed by atoms with Gasteiger partial charge in [0, 0.05) is 13.1 Å². The molecule has 0 saturated heterocycles. The Bertz CT molecular complexity index is 978. The zero-order chi connectivity index (χ0) is 19.4. The molecule has 1 heterocycles. The third-order valence-electron chi connectivity index (χ3n) is 3.72. The van der Waals surface area contributed by atoms with E-state index in [9.17, 15) is 13.6 Å². The van der Waals surface area contributed by atoms with Crippen molar-refractivity contribution in [1.29, 1.82) is 0 Å². The monoisotopic (exact) mass is 390 g/mol. The first-order valence-corrected chi connectivity index (χ1v) is 8.88. The number of carbonyl (C=O) groups is 1. The first kappa shape index (κ1) is 18.8. The minimum absolute atomic E-state index is 0.0339.